The van der Waals surface area contributed by atoms with Gasteiger partial charge in [0, 0.05) is 49.1 Å². The summed E-state index contributed by atoms with van der Waals surface area (Å²) in [5, 5.41) is 11.5. The number of piperidine rings is 2. The Labute approximate surface area is 196 Å². The summed E-state index contributed by atoms with van der Waals surface area (Å²) in [7, 11) is 0. The van der Waals surface area contributed by atoms with E-state index in [2.05, 4.69) is 22.4 Å². The molecule has 32 heavy (non-hydrogen) atoms. The van der Waals surface area contributed by atoms with Crippen LogP contribution in [0.2, 0.25) is 0 Å². The summed E-state index contributed by atoms with van der Waals surface area (Å²) in [6.45, 7) is 6.63. The third kappa shape index (κ3) is 5.56. The molecule has 1 aromatic rings. The molecule has 178 valence electrons. The van der Waals surface area contributed by atoms with Gasteiger partial charge in [-0.05, 0) is 76.1 Å². The molecule has 4 rings (SSSR count). The second kappa shape index (κ2) is 11.6. The normalized spacial score (nSPS) is 27.8. The van der Waals surface area contributed by atoms with E-state index in [-0.39, 0.29) is 24.3 Å². The zero-order chi connectivity index (χ0) is 22.3. The summed E-state index contributed by atoms with van der Waals surface area (Å²) in [5.41, 5.74) is 0. The minimum atomic E-state index is -0.464. The highest BCUT2D eigenvalue weighted by atomic mass is 32.1. The molecule has 0 aromatic carbocycles. The molecule has 1 N–H and O–H groups in total. The number of nitrogens with zero attached hydrogens (tertiary/aromatic N) is 2. The molecule has 2 saturated heterocycles. The van der Waals surface area contributed by atoms with Gasteiger partial charge in [-0.2, -0.15) is 0 Å². The average molecular weight is 463 g/mol. The average Bonchev–Trinajstić information content (AvgIpc) is 3.38. The standard InChI is InChI=1S/C25H38N2O4S/c1-2-30-25-20(8-6-16-28)21(23-9-7-17-32-23)18-22(31-25)24(29)27-14-10-19(11-15-27)26-12-4-3-5-13-26/h7,9,17-21,25,28H,2-6,8,10-16H2,1H3/t20-,21+,25-/m0/s1. The number of carbonyl (C=O) groups excluding carboxylic acids is 1. The highest BCUT2D eigenvalue weighted by Crippen LogP contribution is 2.41. The van der Waals surface area contributed by atoms with Crippen LogP contribution in [-0.4, -0.2) is 72.5 Å². The van der Waals surface area contributed by atoms with Crippen LogP contribution in [0.4, 0.5) is 0 Å². The summed E-state index contributed by atoms with van der Waals surface area (Å²) in [5.74, 6) is 0.575. The fourth-order valence-corrected chi connectivity index (χ4v) is 6.31. The molecule has 0 unspecified atom stereocenters. The molecule has 0 aliphatic carbocycles. The van der Waals surface area contributed by atoms with Crippen LogP contribution in [0, 0.1) is 5.92 Å². The molecule has 1 amide bonds. The Morgan fingerprint density at radius 1 is 1.22 bits per heavy atom. The van der Waals surface area contributed by atoms with Crippen molar-refractivity contribution >= 4 is 17.2 Å². The van der Waals surface area contributed by atoms with Crippen LogP contribution in [0.1, 0.15) is 62.7 Å². The van der Waals surface area contributed by atoms with Crippen molar-refractivity contribution in [3.8, 4) is 0 Å². The van der Waals surface area contributed by atoms with Crippen LogP contribution < -0.4 is 0 Å². The van der Waals surface area contributed by atoms with Crippen molar-refractivity contribution in [1.82, 2.24) is 9.80 Å². The van der Waals surface area contributed by atoms with E-state index in [0.717, 1.165) is 32.4 Å². The van der Waals surface area contributed by atoms with Crippen molar-refractivity contribution in [2.75, 3.05) is 39.4 Å². The first-order valence-electron chi connectivity index (χ1n) is 12.4. The highest BCUT2D eigenvalue weighted by Gasteiger charge is 2.39. The van der Waals surface area contributed by atoms with Gasteiger partial charge in [-0.1, -0.05) is 12.5 Å². The molecule has 7 heteroatoms. The maximum Gasteiger partial charge on any atom is 0.288 e. The predicted molar refractivity (Wildman–Crippen MR) is 126 cm³/mol. The summed E-state index contributed by atoms with van der Waals surface area (Å²) >= 11 is 1.70. The molecule has 0 saturated carbocycles. The third-order valence-corrected chi connectivity index (χ3v) is 8.13. The number of likely N-dealkylation sites (tertiary alicyclic amines) is 2. The minimum absolute atomic E-state index is 0.00559. The molecule has 3 aliphatic heterocycles. The maximum absolute atomic E-state index is 13.4. The molecule has 1 aromatic heterocycles. The van der Waals surface area contributed by atoms with E-state index in [0.29, 0.717) is 24.8 Å². The van der Waals surface area contributed by atoms with E-state index < -0.39 is 6.29 Å². The lowest BCUT2D eigenvalue weighted by atomic mass is 9.84. The van der Waals surface area contributed by atoms with Crippen molar-refractivity contribution in [1.29, 1.82) is 0 Å². The van der Waals surface area contributed by atoms with Gasteiger partial charge in [0.15, 0.2) is 5.76 Å². The number of rotatable bonds is 8. The van der Waals surface area contributed by atoms with Gasteiger partial charge in [-0.25, -0.2) is 0 Å². The Morgan fingerprint density at radius 3 is 2.66 bits per heavy atom. The van der Waals surface area contributed by atoms with Crippen LogP contribution in [0.15, 0.2) is 29.3 Å². The summed E-state index contributed by atoms with van der Waals surface area (Å²) in [4.78, 5) is 19.3. The Kier molecular flexibility index (Phi) is 8.63. The highest BCUT2D eigenvalue weighted by molar-refractivity contribution is 7.10. The Balaban J connectivity index is 1.47. The number of ether oxygens (including phenoxy) is 2. The summed E-state index contributed by atoms with van der Waals surface area (Å²) in [6, 6.07) is 4.78. The fourth-order valence-electron chi connectivity index (χ4n) is 5.44. The molecule has 4 heterocycles. The van der Waals surface area contributed by atoms with Crippen LogP contribution in [-0.2, 0) is 14.3 Å². The van der Waals surface area contributed by atoms with Crippen molar-refractivity contribution in [2.45, 2.75) is 70.1 Å². The molecular formula is C25H38N2O4S. The number of aliphatic hydroxyl groups excluding tert-OH is 1. The smallest absolute Gasteiger partial charge is 0.288 e. The summed E-state index contributed by atoms with van der Waals surface area (Å²) < 4.78 is 12.2. The van der Waals surface area contributed by atoms with Gasteiger partial charge in [-0.3, -0.25) is 4.79 Å². The van der Waals surface area contributed by atoms with E-state index in [1.807, 2.05) is 17.9 Å². The monoisotopic (exact) mass is 462 g/mol. The van der Waals surface area contributed by atoms with E-state index >= 15 is 0 Å². The topological polar surface area (TPSA) is 62.2 Å². The fraction of sp³-hybridized carbons (Fsp3) is 0.720. The Morgan fingerprint density at radius 2 is 2.00 bits per heavy atom. The zero-order valence-electron chi connectivity index (χ0n) is 19.3. The molecule has 0 bridgehead atoms. The zero-order valence-corrected chi connectivity index (χ0v) is 20.1. The number of thiophene rings is 1. The number of hydrogen-bond acceptors (Lipinski definition) is 6. The molecule has 0 radical (unpaired) electrons. The molecule has 0 spiro atoms. The second-order valence-electron chi connectivity index (χ2n) is 9.16. The number of carbonyl (C=O) groups is 1. The van der Waals surface area contributed by atoms with Crippen molar-refractivity contribution in [2.24, 2.45) is 5.92 Å². The molecular weight excluding hydrogens is 424 g/mol. The first-order chi connectivity index (χ1) is 15.7. The Bertz CT molecular complexity index is 739. The maximum atomic E-state index is 13.4. The van der Waals surface area contributed by atoms with E-state index in [9.17, 15) is 9.90 Å². The van der Waals surface area contributed by atoms with Crippen molar-refractivity contribution in [3.63, 3.8) is 0 Å². The van der Waals surface area contributed by atoms with Gasteiger partial charge < -0.3 is 24.4 Å². The lowest BCUT2D eigenvalue weighted by Crippen LogP contribution is -2.49. The van der Waals surface area contributed by atoms with Gasteiger partial charge in [-0.15, -0.1) is 11.3 Å². The molecule has 3 atom stereocenters. The number of aliphatic hydroxyl groups is 1. The van der Waals surface area contributed by atoms with Crippen LogP contribution in [0.5, 0.6) is 0 Å². The lowest BCUT2D eigenvalue weighted by Gasteiger charge is -2.41. The first kappa shape index (κ1) is 23.7. The quantitative estimate of drug-likeness (QED) is 0.633. The van der Waals surface area contributed by atoms with E-state index in [1.54, 1.807) is 11.3 Å². The van der Waals surface area contributed by atoms with Crippen molar-refractivity contribution < 1.29 is 19.4 Å². The number of allylic oxidation sites excluding steroid dienone is 1. The number of amides is 1. The largest absolute Gasteiger partial charge is 0.459 e. The van der Waals surface area contributed by atoms with Crippen LogP contribution >= 0.6 is 11.3 Å². The Hall–Kier alpha value is -1.41. The summed E-state index contributed by atoms with van der Waals surface area (Å²) in [6.07, 6.45) is 9.09. The molecule has 6 nitrogen and oxygen atoms in total. The second-order valence-corrected chi connectivity index (χ2v) is 10.1. The first-order valence-corrected chi connectivity index (χ1v) is 13.3. The van der Waals surface area contributed by atoms with E-state index in [4.69, 9.17) is 9.47 Å². The van der Waals surface area contributed by atoms with Crippen LogP contribution in [0.3, 0.4) is 0 Å². The van der Waals surface area contributed by atoms with Gasteiger partial charge in [0.25, 0.3) is 5.91 Å². The van der Waals surface area contributed by atoms with Gasteiger partial charge >= 0.3 is 0 Å². The van der Waals surface area contributed by atoms with Crippen molar-refractivity contribution in [3.05, 3.63) is 34.2 Å². The van der Waals surface area contributed by atoms with Gasteiger partial charge in [0.1, 0.15) is 0 Å². The van der Waals surface area contributed by atoms with E-state index in [1.165, 1.54) is 37.2 Å². The lowest BCUT2D eigenvalue weighted by molar-refractivity contribution is -0.170. The number of hydrogen-bond donors (Lipinski definition) is 1. The SMILES string of the molecule is CCO[C@H]1OC(C(=O)N2CCC(N3CCCCC3)CC2)=C[C@@H](c2cccs2)[C@@H]1CCCO. The minimum Gasteiger partial charge on any atom is -0.459 e. The third-order valence-electron chi connectivity index (χ3n) is 7.15. The predicted octanol–water partition coefficient (Wildman–Crippen LogP) is 3.97. The van der Waals surface area contributed by atoms with Gasteiger partial charge in [0.05, 0.1) is 0 Å². The van der Waals surface area contributed by atoms with Gasteiger partial charge in [0.2, 0.25) is 6.29 Å². The molecule has 3 aliphatic rings. The molecule has 2 fully saturated rings. The van der Waals surface area contributed by atoms with Crippen LogP contribution in [0.25, 0.3) is 0 Å².